The van der Waals surface area contributed by atoms with Crippen LogP contribution in [0.1, 0.15) is 42.7 Å². The molecule has 0 saturated carbocycles. The van der Waals surface area contributed by atoms with Gasteiger partial charge in [-0.05, 0) is 43.2 Å². The van der Waals surface area contributed by atoms with Crippen molar-refractivity contribution in [2.24, 2.45) is 5.10 Å². The number of nitrogens with one attached hydrogen (secondary N) is 1. The molecule has 162 valence electrons. The third kappa shape index (κ3) is 5.09. The lowest BCUT2D eigenvalue weighted by molar-refractivity contribution is 0.0949. The summed E-state index contributed by atoms with van der Waals surface area (Å²) in [6.07, 6.45) is 3.22. The fourth-order valence-electron chi connectivity index (χ4n) is 3.12. The van der Waals surface area contributed by atoms with Crippen molar-refractivity contribution in [2.75, 3.05) is 13.7 Å². The molecule has 0 aliphatic carbocycles. The van der Waals surface area contributed by atoms with Crippen molar-refractivity contribution >= 4 is 22.9 Å². The van der Waals surface area contributed by atoms with Crippen molar-refractivity contribution in [2.45, 2.75) is 33.2 Å². The molecule has 0 unspecified atom stereocenters. The zero-order valence-corrected chi connectivity index (χ0v) is 17.9. The first-order valence-electron chi connectivity index (χ1n) is 10.2. The van der Waals surface area contributed by atoms with E-state index in [2.05, 4.69) is 15.6 Å². The summed E-state index contributed by atoms with van der Waals surface area (Å²) in [6, 6.07) is 12.3. The maximum atomic E-state index is 12.8. The average molecular weight is 422 g/mol. The standard InChI is InChI=1S/C23H26N4O4/c1-4-6-13-27-23(29)18-10-8-7-9-17(18)21(26-27)22(28)25-24-15-16-11-12-19(30-3)20(14-16)31-5-2/h7-12,14-15H,4-6,13H2,1-3H3,(H,25,28). The predicted octanol–water partition coefficient (Wildman–Crippen LogP) is 3.37. The second kappa shape index (κ2) is 10.4. The number of aromatic nitrogens is 2. The van der Waals surface area contributed by atoms with Gasteiger partial charge in [-0.1, -0.05) is 31.5 Å². The van der Waals surface area contributed by atoms with Gasteiger partial charge in [0.25, 0.3) is 11.5 Å². The zero-order valence-electron chi connectivity index (χ0n) is 17.9. The van der Waals surface area contributed by atoms with Crippen LogP contribution in [0.3, 0.4) is 0 Å². The molecule has 1 aromatic heterocycles. The van der Waals surface area contributed by atoms with E-state index >= 15 is 0 Å². The minimum Gasteiger partial charge on any atom is -0.493 e. The predicted molar refractivity (Wildman–Crippen MR) is 120 cm³/mol. The summed E-state index contributed by atoms with van der Waals surface area (Å²) in [6.45, 7) is 4.87. The van der Waals surface area contributed by atoms with Crippen molar-refractivity contribution in [3.05, 3.63) is 64.1 Å². The molecule has 2 aromatic carbocycles. The van der Waals surface area contributed by atoms with Crippen LogP contribution in [0.5, 0.6) is 11.5 Å². The number of carbonyl (C=O) groups is 1. The number of aryl methyl sites for hydroxylation is 1. The topological polar surface area (TPSA) is 94.8 Å². The van der Waals surface area contributed by atoms with Crippen LogP contribution in [0.4, 0.5) is 0 Å². The number of fused-ring (bicyclic) bond motifs is 1. The van der Waals surface area contributed by atoms with E-state index in [9.17, 15) is 9.59 Å². The number of nitrogens with zero attached hydrogens (tertiary/aromatic N) is 3. The number of benzene rings is 2. The van der Waals surface area contributed by atoms with E-state index in [-0.39, 0.29) is 11.3 Å². The summed E-state index contributed by atoms with van der Waals surface area (Å²) in [4.78, 5) is 25.5. The smallest absolute Gasteiger partial charge is 0.292 e. The number of unbranched alkanes of at least 4 members (excludes halogenated alkanes) is 1. The molecule has 0 aliphatic rings. The summed E-state index contributed by atoms with van der Waals surface area (Å²) in [7, 11) is 1.57. The SMILES string of the molecule is CCCCn1nc(C(=O)NN=Cc2ccc(OC)c(OCC)c2)c2ccccc2c1=O. The van der Waals surface area contributed by atoms with Gasteiger partial charge in [-0.15, -0.1) is 0 Å². The number of carbonyl (C=O) groups excluding carboxylic acids is 1. The molecule has 3 rings (SSSR count). The van der Waals surface area contributed by atoms with Crippen LogP contribution in [-0.2, 0) is 6.54 Å². The number of amides is 1. The molecule has 0 atom stereocenters. The summed E-state index contributed by atoms with van der Waals surface area (Å²) in [5.41, 5.74) is 3.19. The second-order valence-corrected chi connectivity index (χ2v) is 6.82. The number of methoxy groups -OCH3 is 1. The Hall–Kier alpha value is -3.68. The summed E-state index contributed by atoms with van der Waals surface area (Å²) < 4.78 is 12.2. The molecule has 0 radical (unpaired) electrons. The number of ether oxygens (including phenoxy) is 2. The Balaban J connectivity index is 1.86. The van der Waals surface area contributed by atoms with Gasteiger partial charge in [0, 0.05) is 11.9 Å². The Kier molecular flexibility index (Phi) is 7.37. The molecule has 8 heteroatoms. The minimum absolute atomic E-state index is 0.160. The molecule has 0 spiro atoms. The highest BCUT2D eigenvalue weighted by Gasteiger charge is 2.16. The lowest BCUT2D eigenvalue weighted by Gasteiger charge is -2.10. The Bertz CT molecular complexity index is 1150. The quantitative estimate of drug-likeness (QED) is 0.421. The highest BCUT2D eigenvalue weighted by molar-refractivity contribution is 6.05. The first-order chi connectivity index (χ1) is 15.1. The Morgan fingerprint density at radius 1 is 1.16 bits per heavy atom. The van der Waals surface area contributed by atoms with Crippen molar-refractivity contribution in [1.82, 2.24) is 15.2 Å². The van der Waals surface area contributed by atoms with Crippen molar-refractivity contribution < 1.29 is 14.3 Å². The van der Waals surface area contributed by atoms with Gasteiger partial charge >= 0.3 is 0 Å². The lowest BCUT2D eigenvalue weighted by atomic mass is 10.1. The fraction of sp³-hybridized carbons (Fsp3) is 0.304. The molecule has 31 heavy (non-hydrogen) atoms. The Labute approximate surface area is 180 Å². The number of hydrogen-bond acceptors (Lipinski definition) is 6. The third-order valence-corrected chi connectivity index (χ3v) is 4.67. The normalized spacial score (nSPS) is 11.1. The second-order valence-electron chi connectivity index (χ2n) is 6.82. The monoisotopic (exact) mass is 422 g/mol. The number of hydrazone groups is 1. The van der Waals surface area contributed by atoms with E-state index in [1.54, 1.807) is 49.6 Å². The molecular weight excluding hydrogens is 396 g/mol. The zero-order chi connectivity index (χ0) is 22.2. The van der Waals surface area contributed by atoms with Gasteiger partial charge in [-0.2, -0.15) is 10.2 Å². The summed E-state index contributed by atoms with van der Waals surface area (Å²) in [5.74, 6) is 0.722. The molecule has 1 amide bonds. The highest BCUT2D eigenvalue weighted by atomic mass is 16.5. The van der Waals surface area contributed by atoms with Gasteiger partial charge in [0.05, 0.1) is 25.3 Å². The van der Waals surface area contributed by atoms with Crippen LogP contribution in [0.25, 0.3) is 10.8 Å². The van der Waals surface area contributed by atoms with Gasteiger partial charge in [0.2, 0.25) is 0 Å². The lowest BCUT2D eigenvalue weighted by Crippen LogP contribution is -2.29. The van der Waals surface area contributed by atoms with Crippen LogP contribution in [0, 0.1) is 0 Å². The van der Waals surface area contributed by atoms with E-state index in [1.165, 1.54) is 10.9 Å². The van der Waals surface area contributed by atoms with Gasteiger partial charge in [-0.25, -0.2) is 10.1 Å². The van der Waals surface area contributed by atoms with Crippen molar-refractivity contribution in [1.29, 1.82) is 0 Å². The molecule has 3 aromatic rings. The van der Waals surface area contributed by atoms with E-state index in [0.29, 0.717) is 35.4 Å². The molecule has 0 aliphatic heterocycles. The van der Waals surface area contributed by atoms with E-state index in [4.69, 9.17) is 9.47 Å². The number of hydrogen-bond donors (Lipinski definition) is 1. The first-order valence-corrected chi connectivity index (χ1v) is 10.2. The highest BCUT2D eigenvalue weighted by Crippen LogP contribution is 2.27. The molecule has 1 N–H and O–H groups in total. The Morgan fingerprint density at radius 2 is 1.94 bits per heavy atom. The van der Waals surface area contributed by atoms with E-state index in [0.717, 1.165) is 18.4 Å². The van der Waals surface area contributed by atoms with Crippen LogP contribution in [-0.4, -0.2) is 35.6 Å². The van der Waals surface area contributed by atoms with Gasteiger partial charge < -0.3 is 9.47 Å². The van der Waals surface area contributed by atoms with Gasteiger partial charge in [0.1, 0.15) is 0 Å². The molecule has 0 bridgehead atoms. The summed E-state index contributed by atoms with van der Waals surface area (Å²) in [5, 5.41) is 9.31. The van der Waals surface area contributed by atoms with Crippen LogP contribution in [0.2, 0.25) is 0 Å². The van der Waals surface area contributed by atoms with E-state index < -0.39 is 5.91 Å². The van der Waals surface area contributed by atoms with Crippen LogP contribution in [0.15, 0.2) is 52.4 Å². The fourth-order valence-corrected chi connectivity index (χ4v) is 3.12. The van der Waals surface area contributed by atoms with Gasteiger partial charge in [-0.3, -0.25) is 9.59 Å². The maximum Gasteiger partial charge on any atom is 0.292 e. The molecule has 0 fully saturated rings. The minimum atomic E-state index is -0.490. The largest absolute Gasteiger partial charge is 0.493 e. The van der Waals surface area contributed by atoms with Crippen LogP contribution >= 0.6 is 0 Å². The summed E-state index contributed by atoms with van der Waals surface area (Å²) >= 11 is 0. The van der Waals surface area contributed by atoms with Crippen molar-refractivity contribution in [3.8, 4) is 11.5 Å². The molecular formula is C23H26N4O4. The van der Waals surface area contributed by atoms with Crippen molar-refractivity contribution in [3.63, 3.8) is 0 Å². The Morgan fingerprint density at radius 3 is 2.65 bits per heavy atom. The number of rotatable bonds is 9. The van der Waals surface area contributed by atoms with Crippen LogP contribution < -0.4 is 20.5 Å². The third-order valence-electron chi connectivity index (χ3n) is 4.67. The molecule has 1 heterocycles. The first kappa shape index (κ1) is 22.0. The van der Waals surface area contributed by atoms with E-state index in [1.807, 2.05) is 13.8 Å². The molecule has 8 nitrogen and oxygen atoms in total. The maximum absolute atomic E-state index is 12.8. The average Bonchev–Trinajstić information content (AvgIpc) is 2.79. The molecule has 0 saturated heterocycles. The van der Waals surface area contributed by atoms with Gasteiger partial charge in [0.15, 0.2) is 17.2 Å².